The summed E-state index contributed by atoms with van der Waals surface area (Å²) in [5, 5.41) is 10.7. The van der Waals surface area contributed by atoms with Crippen LogP contribution in [0.1, 0.15) is 6.42 Å². The normalized spacial score (nSPS) is 8.85. The van der Waals surface area contributed by atoms with Gasteiger partial charge in [-0.05, 0) is 23.7 Å². The van der Waals surface area contributed by atoms with Crippen LogP contribution in [0.4, 0.5) is 5.69 Å². The second-order valence-corrected chi connectivity index (χ2v) is 3.54. The first-order valence-corrected chi connectivity index (χ1v) is 5.18. The van der Waals surface area contributed by atoms with Gasteiger partial charge in [0.2, 0.25) is 0 Å². The third kappa shape index (κ3) is 3.92. The Kier molecular flexibility index (Phi) is 4.30. The van der Waals surface area contributed by atoms with Gasteiger partial charge >= 0.3 is 0 Å². The number of thiophene rings is 1. The first-order chi connectivity index (χ1) is 6.33. The number of hydrogen-bond acceptors (Lipinski definition) is 2. The second kappa shape index (κ2) is 5.57. The fourth-order valence-corrected chi connectivity index (χ4v) is 1.57. The molecule has 68 valence electrons. The van der Waals surface area contributed by atoms with Crippen LogP contribution in [0.15, 0.2) is 16.8 Å². The molecule has 0 amide bonds. The molecule has 0 aliphatic carbocycles. The van der Waals surface area contributed by atoms with Crippen molar-refractivity contribution in [3.05, 3.63) is 16.8 Å². The Hall–Kier alpha value is -1.05. The molecule has 1 heterocycles. The number of hydrogen-bond donors (Lipinski definition) is 2. The van der Waals surface area contributed by atoms with Crippen molar-refractivity contribution in [3.8, 4) is 12.3 Å². The summed E-state index contributed by atoms with van der Waals surface area (Å²) in [5.74, 6) is 2.53. The van der Waals surface area contributed by atoms with E-state index in [2.05, 4.69) is 16.6 Å². The Morgan fingerprint density at radius 3 is 3.15 bits per heavy atom. The predicted octanol–water partition coefficient (Wildman–Crippen LogP) is 2.06. The van der Waals surface area contributed by atoms with E-state index in [1.807, 2.05) is 16.8 Å². The van der Waals surface area contributed by atoms with Gasteiger partial charge in [-0.25, -0.2) is 0 Å². The fourth-order valence-electron chi connectivity index (χ4n) is 0.759. The molecule has 0 spiro atoms. The summed E-state index contributed by atoms with van der Waals surface area (Å²) in [4.78, 5) is 0. The molecule has 0 radical (unpaired) electrons. The monoisotopic (exact) mass is 210 g/mol. The van der Waals surface area contributed by atoms with E-state index in [1.165, 1.54) is 0 Å². The summed E-state index contributed by atoms with van der Waals surface area (Å²) in [6.45, 7) is 0.715. The maximum atomic E-state index is 5.10. The summed E-state index contributed by atoms with van der Waals surface area (Å²) in [6.07, 6.45) is 5.78. The summed E-state index contributed by atoms with van der Waals surface area (Å²) in [5.41, 5.74) is 1.02. The Bertz CT molecular complexity index is 298. The molecule has 0 aliphatic heterocycles. The molecule has 2 nitrogen and oxygen atoms in total. The molecule has 2 N–H and O–H groups in total. The highest BCUT2D eigenvalue weighted by atomic mass is 32.1. The zero-order valence-electron chi connectivity index (χ0n) is 7.04. The van der Waals surface area contributed by atoms with Crippen LogP contribution in [0.25, 0.3) is 0 Å². The average Bonchev–Trinajstić information content (AvgIpc) is 2.57. The van der Waals surface area contributed by atoms with Crippen molar-refractivity contribution < 1.29 is 0 Å². The van der Waals surface area contributed by atoms with Crippen molar-refractivity contribution in [2.45, 2.75) is 6.42 Å². The van der Waals surface area contributed by atoms with E-state index in [0.717, 1.165) is 5.69 Å². The molecule has 1 rings (SSSR count). The molecule has 0 saturated heterocycles. The van der Waals surface area contributed by atoms with E-state index in [0.29, 0.717) is 18.1 Å². The average molecular weight is 210 g/mol. The van der Waals surface area contributed by atoms with Gasteiger partial charge in [-0.1, -0.05) is 0 Å². The Morgan fingerprint density at radius 2 is 2.54 bits per heavy atom. The molecule has 0 atom stereocenters. The third-order valence-electron chi connectivity index (χ3n) is 1.33. The quantitative estimate of drug-likeness (QED) is 0.453. The molecule has 0 aliphatic rings. The van der Waals surface area contributed by atoms with Gasteiger partial charge in [-0.3, -0.25) is 0 Å². The van der Waals surface area contributed by atoms with Crippen molar-refractivity contribution in [1.82, 2.24) is 5.32 Å². The molecule has 0 bridgehead atoms. The summed E-state index contributed by atoms with van der Waals surface area (Å²) in [7, 11) is 0. The molecule has 0 aromatic carbocycles. The van der Waals surface area contributed by atoms with Gasteiger partial charge in [0.05, 0.1) is 5.69 Å². The van der Waals surface area contributed by atoms with Crippen LogP contribution in [-0.4, -0.2) is 11.7 Å². The van der Waals surface area contributed by atoms with Crippen molar-refractivity contribution in [3.63, 3.8) is 0 Å². The number of nitrogens with one attached hydrogen (secondary N) is 2. The van der Waals surface area contributed by atoms with Gasteiger partial charge in [0.25, 0.3) is 0 Å². The standard InChI is InChI=1S/C9H10N2S2/c1-2-3-5-10-9(12)11-8-4-6-13-7-8/h1,4,6-7H,3,5H2,(H2,10,11,12). The highest BCUT2D eigenvalue weighted by molar-refractivity contribution is 7.80. The van der Waals surface area contributed by atoms with Crippen molar-refractivity contribution in [1.29, 1.82) is 0 Å². The minimum Gasteiger partial charge on any atom is -0.361 e. The molecule has 0 unspecified atom stereocenters. The van der Waals surface area contributed by atoms with Crippen LogP contribution >= 0.6 is 23.6 Å². The number of thiocarbonyl (C=S) groups is 1. The highest BCUT2D eigenvalue weighted by Crippen LogP contribution is 2.11. The number of terminal acetylenes is 1. The summed E-state index contributed by atoms with van der Waals surface area (Å²) >= 11 is 6.66. The van der Waals surface area contributed by atoms with Crippen LogP contribution in [0.3, 0.4) is 0 Å². The highest BCUT2D eigenvalue weighted by Gasteiger charge is 1.95. The lowest BCUT2D eigenvalue weighted by Gasteiger charge is -2.06. The van der Waals surface area contributed by atoms with Crippen molar-refractivity contribution in [2.24, 2.45) is 0 Å². The Balaban J connectivity index is 2.23. The van der Waals surface area contributed by atoms with E-state index < -0.39 is 0 Å². The Morgan fingerprint density at radius 1 is 1.69 bits per heavy atom. The van der Waals surface area contributed by atoms with Gasteiger partial charge in [0.1, 0.15) is 0 Å². The van der Waals surface area contributed by atoms with Crippen LogP contribution in [0.5, 0.6) is 0 Å². The molecule has 1 aromatic heterocycles. The third-order valence-corrected chi connectivity index (χ3v) is 2.26. The second-order valence-electron chi connectivity index (χ2n) is 2.35. The zero-order chi connectivity index (χ0) is 9.52. The van der Waals surface area contributed by atoms with Gasteiger partial charge in [-0.2, -0.15) is 11.3 Å². The number of rotatable bonds is 3. The molecular formula is C9H10N2S2. The fraction of sp³-hybridized carbons (Fsp3) is 0.222. The van der Waals surface area contributed by atoms with E-state index in [4.69, 9.17) is 18.6 Å². The number of anilines is 1. The lowest BCUT2D eigenvalue weighted by Crippen LogP contribution is -2.28. The van der Waals surface area contributed by atoms with E-state index in [1.54, 1.807) is 11.3 Å². The minimum absolute atomic E-state index is 0.619. The zero-order valence-corrected chi connectivity index (χ0v) is 8.67. The van der Waals surface area contributed by atoms with E-state index in [9.17, 15) is 0 Å². The maximum Gasteiger partial charge on any atom is 0.170 e. The van der Waals surface area contributed by atoms with Crippen LogP contribution in [-0.2, 0) is 0 Å². The molecule has 4 heteroatoms. The molecular weight excluding hydrogens is 200 g/mol. The van der Waals surface area contributed by atoms with Gasteiger partial charge in [0, 0.05) is 18.3 Å². The molecule has 0 fully saturated rings. The van der Waals surface area contributed by atoms with Crippen molar-refractivity contribution in [2.75, 3.05) is 11.9 Å². The van der Waals surface area contributed by atoms with Gasteiger partial charge in [0.15, 0.2) is 5.11 Å². The molecule has 0 saturated carbocycles. The summed E-state index contributed by atoms with van der Waals surface area (Å²) in [6, 6.07) is 1.97. The molecule has 1 aromatic rings. The first-order valence-electron chi connectivity index (χ1n) is 3.83. The van der Waals surface area contributed by atoms with Gasteiger partial charge < -0.3 is 10.6 Å². The predicted molar refractivity (Wildman–Crippen MR) is 62.0 cm³/mol. The summed E-state index contributed by atoms with van der Waals surface area (Å²) < 4.78 is 0. The first kappa shape index (κ1) is 10.0. The van der Waals surface area contributed by atoms with E-state index >= 15 is 0 Å². The SMILES string of the molecule is C#CCCNC(=S)Nc1ccsc1. The van der Waals surface area contributed by atoms with Crippen LogP contribution < -0.4 is 10.6 Å². The lowest BCUT2D eigenvalue weighted by molar-refractivity contribution is 0.914. The smallest absolute Gasteiger partial charge is 0.170 e. The topological polar surface area (TPSA) is 24.1 Å². The maximum absolute atomic E-state index is 5.10. The van der Waals surface area contributed by atoms with Crippen LogP contribution in [0, 0.1) is 12.3 Å². The lowest BCUT2D eigenvalue weighted by atomic mass is 10.4. The van der Waals surface area contributed by atoms with Gasteiger partial charge in [-0.15, -0.1) is 12.3 Å². The van der Waals surface area contributed by atoms with E-state index in [-0.39, 0.29) is 0 Å². The molecule has 13 heavy (non-hydrogen) atoms. The minimum atomic E-state index is 0.619. The largest absolute Gasteiger partial charge is 0.361 e. The van der Waals surface area contributed by atoms with Crippen LogP contribution in [0.2, 0.25) is 0 Å². The van der Waals surface area contributed by atoms with Crippen molar-refractivity contribution >= 4 is 34.4 Å². The Labute approximate surface area is 87.4 Å².